The molecule has 1 aromatic carbocycles. The molecule has 1 rings (SSSR count). The zero-order chi connectivity index (χ0) is 14.7. The third kappa shape index (κ3) is 7.94. The molecule has 0 fully saturated rings. The zero-order valence-electron chi connectivity index (χ0n) is 11.0. The largest absolute Gasteiger partial charge is 0.478 e. The van der Waals surface area contributed by atoms with E-state index in [0.717, 1.165) is 12.5 Å². The molecule has 5 heteroatoms. The van der Waals surface area contributed by atoms with Gasteiger partial charge >= 0.3 is 11.9 Å². The number of aliphatic hydroxyl groups is 1. The highest BCUT2D eigenvalue weighted by molar-refractivity contribution is 5.93. The molecule has 0 aliphatic carbocycles. The number of benzene rings is 1. The summed E-state index contributed by atoms with van der Waals surface area (Å²) in [7, 11) is 0. The third-order valence-corrected chi connectivity index (χ3v) is 2.37. The quantitative estimate of drug-likeness (QED) is 0.689. The summed E-state index contributed by atoms with van der Waals surface area (Å²) >= 11 is 0. The molecule has 0 atom stereocenters. The number of rotatable bonds is 6. The van der Waals surface area contributed by atoms with E-state index in [1.165, 1.54) is 37.5 Å². The summed E-state index contributed by atoms with van der Waals surface area (Å²) < 4.78 is 0. The summed E-state index contributed by atoms with van der Waals surface area (Å²) in [6.45, 7) is 2.53. The zero-order valence-corrected chi connectivity index (χ0v) is 11.0. The first kappa shape index (κ1) is 17.1. The molecule has 0 aromatic heterocycles. The van der Waals surface area contributed by atoms with Crippen molar-refractivity contribution in [1.29, 1.82) is 0 Å². The van der Waals surface area contributed by atoms with E-state index in [1.54, 1.807) is 0 Å². The van der Waals surface area contributed by atoms with Crippen molar-refractivity contribution in [3.63, 3.8) is 0 Å². The van der Waals surface area contributed by atoms with Gasteiger partial charge < -0.3 is 15.3 Å². The standard InChI is InChI=1S/C8H6O4.C6H14O/c9-7(10)5-2-1-3-6(4-5)8(11)12;1-2-3-4-5-6-7/h1-4H,(H,9,10)(H,11,12);7H,2-6H2,1H3. The van der Waals surface area contributed by atoms with Crippen LogP contribution in [0.5, 0.6) is 0 Å². The van der Waals surface area contributed by atoms with Crippen LogP contribution in [0, 0.1) is 0 Å². The number of unbranched alkanes of at least 4 members (excludes halogenated alkanes) is 3. The fraction of sp³-hybridized carbons (Fsp3) is 0.429. The fourth-order valence-electron chi connectivity index (χ4n) is 1.32. The summed E-state index contributed by atoms with van der Waals surface area (Å²) in [4.78, 5) is 20.8. The van der Waals surface area contributed by atoms with Crippen LogP contribution in [-0.4, -0.2) is 33.9 Å². The first-order valence-electron chi connectivity index (χ1n) is 6.20. The first-order valence-corrected chi connectivity index (χ1v) is 6.20. The Hall–Kier alpha value is -1.88. The van der Waals surface area contributed by atoms with E-state index < -0.39 is 11.9 Å². The molecular formula is C14H20O5. The molecule has 0 spiro atoms. The van der Waals surface area contributed by atoms with Crippen molar-refractivity contribution in [3.8, 4) is 0 Å². The minimum atomic E-state index is -1.13. The van der Waals surface area contributed by atoms with E-state index in [9.17, 15) is 9.59 Å². The second-order valence-corrected chi connectivity index (χ2v) is 3.98. The molecule has 19 heavy (non-hydrogen) atoms. The Morgan fingerprint density at radius 1 is 1.00 bits per heavy atom. The molecule has 0 bridgehead atoms. The Balaban J connectivity index is 0.000000399. The summed E-state index contributed by atoms with van der Waals surface area (Å²) in [5.74, 6) is -2.25. The average molecular weight is 268 g/mol. The molecule has 5 nitrogen and oxygen atoms in total. The van der Waals surface area contributed by atoms with Crippen LogP contribution in [0.2, 0.25) is 0 Å². The van der Waals surface area contributed by atoms with Gasteiger partial charge in [-0.3, -0.25) is 0 Å². The Bertz CT molecular complexity index is 367. The van der Waals surface area contributed by atoms with E-state index in [-0.39, 0.29) is 11.1 Å². The molecule has 0 aliphatic rings. The lowest BCUT2D eigenvalue weighted by Gasteiger charge is -1.95. The molecular weight excluding hydrogens is 248 g/mol. The van der Waals surface area contributed by atoms with Gasteiger partial charge in [-0.25, -0.2) is 9.59 Å². The van der Waals surface area contributed by atoms with Gasteiger partial charge in [-0.1, -0.05) is 32.3 Å². The maximum Gasteiger partial charge on any atom is 0.335 e. The van der Waals surface area contributed by atoms with Crippen molar-refractivity contribution in [3.05, 3.63) is 35.4 Å². The van der Waals surface area contributed by atoms with E-state index >= 15 is 0 Å². The molecule has 0 radical (unpaired) electrons. The second kappa shape index (κ2) is 10.1. The summed E-state index contributed by atoms with van der Waals surface area (Å²) in [5, 5.41) is 25.3. The van der Waals surface area contributed by atoms with Gasteiger partial charge in [-0.05, 0) is 24.6 Å². The van der Waals surface area contributed by atoms with Gasteiger partial charge in [0.15, 0.2) is 0 Å². The number of hydrogen-bond donors (Lipinski definition) is 3. The van der Waals surface area contributed by atoms with Gasteiger partial charge in [0.05, 0.1) is 11.1 Å². The minimum Gasteiger partial charge on any atom is -0.478 e. The van der Waals surface area contributed by atoms with Crippen LogP contribution in [0.3, 0.4) is 0 Å². The molecule has 0 saturated heterocycles. The lowest BCUT2D eigenvalue weighted by atomic mass is 10.1. The van der Waals surface area contributed by atoms with Gasteiger partial charge in [-0.2, -0.15) is 0 Å². The Morgan fingerprint density at radius 3 is 1.89 bits per heavy atom. The van der Waals surface area contributed by atoms with Gasteiger partial charge in [0, 0.05) is 6.61 Å². The number of carboxylic acid groups (broad SMARTS) is 2. The van der Waals surface area contributed by atoms with Crippen LogP contribution in [0.25, 0.3) is 0 Å². The Kier molecular flexibility index (Phi) is 9.08. The second-order valence-electron chi connectivity index (χ2n) is 3.98. The SMILES string of the molecule is CCCCCCO.O=C(O)c1cccc(C(=O)O)c1. The van der Waals surface area contributed by atoms with Crippen LogP contribution in [0.1, 0.15) is 53.3 Å². The van der Waals surface area contributed by atoms with Crippen molar-refractivity contribution in [2.75, 3.05) is 6.61 Å². The highest BCUT2D eigenvalue weighted by Crippen LogP contribution is 2.04. The maximum absolute atomic E-state index is 10.4. The monoisotopic (exact) mass is 268 g/mol. The van der Waals surface area contributed by atoms with Crippen molar-refractivity contribution in [1.82, 2.24) is 0 Å². The fourth-order valence-corrected chi connectivity index (χ4v) is 1.32. The summed E-state index contributed by atoms with van der Waals surface area (Å²) in [6, 6.07) is 5.20. The molecule has 0 amide bonds. The molecule has 0 saturated carbocycles. The number of hydrogen-bond acceptors (Lipinski definition) is 3. The van der Waals surface area contributed by atoms with Crippen LogP contribution in [-0.2, 0) is 0 Å². The lowest BCUT2D eigenvalue weighted by molar-refractivity contribution is 0.0696. The van der Waals surface area contributed by atoms with Gasteiger partial charge in [0.2, 0.25) is 0 Å². The number of aliphatic hydroxyl groups excluding tert-OH is 1. The van der Waals surface area contributed by atoms with Crippen LogP contribution in [0.4, 0.5) is 0 Å². The maximum atomic E-state index is 10.4. The highest BCUT2D eigenvalue weighted by Gasteiger charge is 2.06. The molecule has 0 aliphatic heterocycles. The normalized spacial score (nSPS) is 9.37. The smallest absolute Gasteiger partial charge is 0.335 e. The number of carbonyl (C=O) groups is 2. The van der Waals surface area contributed by atoms with E-state index in [4.69, 9.17) is 15.3 Å². The average Bonchev–Trinajstić information content (AvgIpc) is 2.40. The van der Waals surface area contributed by atoms with Gasteiger partial charge in [0.1, 0.15) is 0 Å². The topological polar surface area (TPSA) is 94.8 Å². The van der Waals surface area contributed by atoms with Crippen molar-refractivity contribution >= 4 is 11.9 Å². The summed E-state index contributed by atoms with van der Waals surface area (Å²) in [5.41, 5.74) is -0.0372. The molecule has 0 heterocycles. The number of aromatic carboxylic acids is 2. The third-order valence-electron chi connectivity index (χ3n) is 2.37. The molecule has 1 aromatic rings. The van der Waals surface area contributed by atoms with Crippen molar-refractivity contribution in [2.45, 2.75) is 32.6 Å². The highest BCUT2D eigenvalue weighted by atomic mass is 16.4. The minimum absolute atomic E-state index is 0.0186. The molecule has 0 unspecified atom stereocenters. The molecule has 106 valence electrons. The Morgan fingerprint density at radius 2 is 1.53 bits per heavy atom. The van der Waals surface area contributed by atoms with Gasteiger partial charge in [-0.15, -0.1) is 0 Å². The van der Waals surface area contributed by atoms with Crippen LogP contribution in [0.15, 0.2) is 24.3 Å². The van der Waals surface area contributed by atoms with Crippen LogP contribution >= 0.6 is 0 Å². The van der Waals surface area contributed by atoms with Crippen molar-refractivity contribution < 1.29 is 24.9 Å². The number of carboxylic acids is 2. The van der Waals surface area contributed by atoms with Crippen molar-refractivity contribution in [2.24, 2.45) is 0 Å². The Labute approximate surface area is 112 Å². The van der Waals surface area contributed by atoms with E-state index in [2.05, 4.69) is 6.92 Å². The lowest BCUT2D eigenvalue weighted by Crippen LogP contribution is -2.01. The van der Waals surface area contributed by atoms with E-state index in [0.29, 0.717) is 6.61 Å². The predicted molar refractivity (Wildman–Crippen MR) is 71.6 cm³/mol. The molecule has 3 N–H and O–H groups in total. The van der Waals surface area contributed by atoms with Gasteiger partial charge in [0.25, 0.3) is 0 Å². The van der Waals surface area contributed by atoms with E-state index in [1.807, 2.05) is 0 Å². The summed E-state index contributed by atoms with van der Waals surface area (Å²) in [6.07, 6.45) is 4.68. The predicted octanol–water partition coefficient (Wildman–Crippen LogP) is 2.64. The van der Waals surface area contributed by atoms with Crippen LogP contribution < -0.4 is 0 Å². The first-order chi connectivity index (χ1) is 9.02.